The standard InChI is InChI=1S/2C4H5N3.2C3H4N4/c1-4-6-2-5-3-7-4;1-4-2-6-7-3-5-4;1-3-6-4-2-5-7-3;1-3-2-4-6-7-5-3/h2*2-3H,1H3;2*2H,1H3. The summed E-state index contributed by atoms with van der Waals surface area (Å²) in [4.78, 5) is 14.9. The number of rotatable bonds is 0. The molecule has 0 spiro atoms. The van der Waals surface area contributed by atoms with Gasteiger partial charge in [0.2, 0.25) is 0 Å². The van der Waals surface area contributed by atoms with E-state index in [2.05, 4.69) is 71.2 Å². The van der Waals surface area contributed by atoms with E-state index in [1.165, 1.54) is 25.3 Å². The van der Waals surface area contributed by atoms with Crippen molar-refractivity contribution in [1.29, 1.82) is 0 Å². The number of nitrogens with zero attached hydrogens (tertiary/aromatic N) is 14. The van der Waals surface area contributed by atoms with Crippen molar-refractivity contribution < 1.29 is 0 Å². The zero-order chi connectivity index (χ0) is 20.5. The van der Waals surface area contributed by atoms with Gasteiger partial charge in [0.15, 0.2) is 12.2 Å². The van der Waals surface area contributed by atoms with E-state index in [0.717, 1.165) is 17.2 Å². The van der Waals surface area contributed by atoms with E-state index in [1.54, 1.807) is 19.3 Å². The molecule has 0 amide bonds. The maximum atomic E-state index is 3.81. The summed E-state index contributed by atoms with van der Waals surface area (Å²) in [5.41, 5.74) is 1.69. The molecule has 0 N–H and O–H groups in total. The van der Waals surface area contributed by atoms with Crippen LogP contribution in [0.3, 0.4) is 0 Å². The molecule has 0 aliphatic rings. The number of hydrogen-bond donors (Lipinski definition) is 0. The predicted molar refractivity (Wildman–Crippen MR) is 93.8 cm³/mol. The van der Waals surface area contributed by atoms with Crippen LogP contribution in [-0.4, -0.2) is 71.2 Å². The maximum Gasteiger partial charge on any atom is 0.170 e. The van der Waals surface area contributed by atoms with Crippen LogP contribution in [0, 0.1) is 27.7 Å². The molecule has 4 heterocycles. The molecule has 0 saturated heterocycles. The predicted octanol–water partition coefficient (Wildman–Crippen LogP) is -0.490. The fourth-order valence-corrected chi connectivity index (χ4v) is 1.10. The van der Waals surface area contributed by atoms with Crippen molar-refractivity contribution in [2.24, 2.45) is 0 Å². The Morgan fingerprint density at radius 1 is 0.500 bits per heavy atom. The third kappa shape index (κ3) is 12.3. The lowest BCUT2D eigenvalue weighted by Crippen LogP contribution is -1.90. The number of hydrogen-bond acceptors (Lipinski definition) is 14. The molecule has 4 aromatic heterocycles. The van der Waals surface area contributed by atoms with Crippen LogP contribution in [0.2, 0.25) is 0 Å². The summed E-state index contributed by atoms with van der Waals surface area (Å²) < 4.78 is 0. The zero-order valence-electron chi connectivity index (χ0n) is 15.7. The molecule has 4 aromatic rings. The van der Waals surface area contributed by atoms with Crippen molar-refractivity contribution in [3.63, 3.8) is 0 Å². The number of aromatic nitrogens is 14. The molecular formula is C14H18N14. The second kappa shape index (κ2) is 14.1. The third-order valence-corrected chi connectivity index (χ3v) is 2.29. The first-order valence-electron chi connectivity index (χ1n) is 7.70. The van der Waals surface area contributed by atoms with Gasteiger partial charge in [-0.25, -0.2) is 19.9 Å². The van der Waals surface area contributed by atoms with Crippen LogP contribution in [-0.2, 0) is 0 Å². The Labute approximate surface area is 160 Å². The monoisotopic (exact) mass is 382 g/mol. The summed E-state index contributed by atoms with van der Waals surface area (Å²) in [6, 6.07) is 0. The Kier molecular flexibility index (Phi) is 11.1. The molecule has 0 fully saturated rings. The molecule has 0 bridgehead atoms. The first kappa shape index (κ1) is 21.9. The third-order valence-electron chi connectivity index (χ3n) is 2.29. The Bertz CT molecular complexity index is 698. The summed E-state index contributed by atoms with van der Waals surface area (Å²) in [5.74, 6) is 1.36. The van der Waals surface area contributed by atoms with Crippen molar-refractivity contribution in [3.05, 3.63) is 60.7 Å². The van der Waals surface area contributed by atoms with Gasteiger partial charge in [-0.05, 0) is 38.1 Å². The minimum Gasteiger partial charge on any atom is -0.238 e. The van der Waals surface area contributed by atoms with Crippen LogP contribution >= 0.6 is 0 Å². The van der Waals surface area contributed by atoms with Crippen molar-refractivity contribution in [2.45, 2.75) is 27.7 Å². The summed E-state index contributed by atoms with van der Waals surface area (Å²) in [6.45, 7) is 7.23. The Hall–Kier alpha value is -4.10. The molecule has 0 aromatic carbocycles. The van der Waals surface area contributed by atoms with Gasteiger partial charge < -0.3 is 0 Å². The van der Waals surface area contributed by atoms with E-state index in [1.807, 2.05) is 20.8 Å². The topological polar surface area (TPSA) is 180 Å². The number of aryl methyl sites for hydroxylation is 4. The SMILES string of the molecule is Cc1cnncn1.Cc1cnnnn1.Cc1ncncn1.Cc1nncnn1. The fraction of sp³-hybridized carbons (Fsp3) is 0.286. The molecule has 4 rings (SSSR count). The van der Waals surface area contributed by atoms with E-state index < -0.39 is 0 Å². The van der Waals surface area contributed by atoms with E-state index in [-0.39, 0.29) is 0 Å². The van der Waals surface area contributed by atoms with Crippen LogP contribution in [0.15, 0.2) is 37.7 Å². The largest absolute Gasteiger partial charge is 0.238 e. The van der Waals surface area contributed by atoms with Crippen LogP contribution in [0.1, 0.15) is 23.0 Å². The molecular weight excluding hydrogens is 364 g/mol. The van der Waals surface area contributed by atoms with Crippen molar-refractivity contribution in [3.8, 4) is 0 Å². The highest BCUT2D eigenvalue weighted by Crippen LogP contribution is 1.78. The maximum absolute atomic E-state index is 3.81. The van der Waals surface area contributed by atoms with Crippen LogP contribution in [0.4, 0.5) is 0 Å². The summed E-state index contributed by atoms with van der Waals surface area (Å²) in [5, 5.41) is 34.6. The molecule has 0 saturated carbocycles. The van der Waals surface area contributed by atoms with Crippen molar-refractivity contribution >= 4 is 0 Å². The van der Waals surface area contributed by atoms with Crippen molar-refractivity contribution in [2.75, 3.05) is 0 Å². The Morgan fingerprint density at radius 3 is 1.46 bits per heavy atom. The van der Waals surface area contributed by atoms with Gasteiger partial charge in [0, 0.05) is 0 Å². The molecule has 0 radical (unpaired) electrons. The summed E-state index contributed by atoms with van der Waals surface area (Å²) in [7, 11) is 0. The van der Waals surface area contributed by atoms with Gasteiger partial charge in [-0.2, -0.15) is 5.10 Å². The van der Waals surface area contributed by atoms with Crippen LogP contribution < -0.4 is 0 Å². The minimum absolute atomic E-state index is 0.600. The molecule has 28 heavy (non-hydrogen) atoms. The van der Waals surface area contributed by atoms with Gasteiger partial charge in [0.25, 0.3) is 0 Å². The van der Waals surface area contributed by atoms with Gasteiger partial charge in [-0.1, -0.05) is 0 Å². The molecule has 14 nitrogen and oxygen atoms in total. The quantitative estimate of drug-likeness (QED) is 0.380. The summed E-state index contributed by atoms with van der Waals surface area (Å²) >= 11 is 0. The fourth-order valence-electron chi connectivity index (χ4n) is 1.10. The van der Waals surface area contributed by atoms with Crippen LogP contribution in [0.5, 0.6) is 0 Å². The molecule has 0 unspecified atom stereocenters. The first-order valence-corrected chi connectivity index (χ1v) is 7.70. The molecule has 0 aliphatic carbocycles. The lowest BCUT2D eigenvalue weighted by molar-refractivity contribution is 0.742. The Balaban J connectivity index is 0.000000187. The average molecular weight is 382 g/mol. The normalized spacial score (nSPS) is 8.71. The van der Waals surface area contributed by atoms with Gasteiger partial charge in [0.05, 0.1) is 23.8 Å². The average Bonchev–Trinajstić information content (AvgIpc) is 2.72. The van der Waals surface area contributed by atoms with Gasteiger partial charge >= 0.3 is 0 Å². The van der Waals surface area contributed by atoms with E-state index in [9.17, 15) is 0 Å². The molecule has 0 atom stereocenters. The Morgan fingerprint density at radius 2 is 1.18 bits per heavy atom. The molecule has 0 aliphatic heterocycles. The van der Waals surface area contributed by atoms with Crippen LogP contribution in [0.25, 0.3) is 0 Å². The highest BCUT2D eigenvalue weighted by Gasteiger charge is 1.79. The molecule has 14 heteroatoms. The zero-order valence-corrected chi connectivity index (χ0v) is 15.7. The van der Waals surface area contributed by atoms with Gasteiger partial charge in [-0.15, -0.1) is 35.7 Å². The second-order valence-electron chi connectivity index (χ2n) is 4.69. The second-order valence-corrected chi connectivity index (χ2v) is 4.69. The van der Waals surface area contributed by atoms with E-state index in [4.69, 9.17) is 0 Å². The van der Waals surface area contributed by atoms with E-state index >= 15 is 0 Å². The van der Waals surface area contributed by atoms with Gasteiger partial charge in [-0.3, -0.25) is 0 Å². The first-order chi connectivity index (χ1) is 13.6. The highest BCUT2D eigenvalue weighted by molar-refractivity contribution is 4.84. The van der Waals surface area contributed by atoms with Crippen molar-refractivity contribution in [1.82, 2.24) is 71.2 Å². The van der Waals surface area contributed by atoms with E-state index in [0.29, 0.717) is 5.82 Å². The van der Waals surface area contributed by atoms with Gasteiger partial charge in [0.1, 0.15) is 24.8 Å². The smallest absolute Gasteiger partial charge is 0.170 e. The summed E-state index contributed by atoms with van der Waals surface area (Å²) in [6.07, 6.45) is 8.83. The minimum atomic E-state index is 0.600. The lowest BCUT2D eigenvalue weighted by atomic mass is 10.6. The molecule has 144 valence electrons. The highest BCUT2D eigenvalue weighted by atomic mass is 15.4. The lowest BCUT2D eigenvalue weighted by Gasteiger charge is -1.80.